The Morgan fingerprint density at radius 3 is 1.71 bits per heavy atom. The molecule has 28 nitrogen and oxygen atoms in total. The first-order valence-electron chi connectivity index (χ1n) is 31.2. The molecule has 2 heterocycles. The Balaban J connectivity index is 0.000000676. The summed E-state index contributed by atoms with van der Waals surface area (Å²) in [4.78, 5) is 25.8. The van der Waals surface area contributed by atoms with Crippen molar-refractivity contribution in [2.24, 2.45) is 46.3 Å². The van der Waals surface area contributed by atoms with E-state index in [4.69, 9.17) is 62.6 Å². The number of rotatable bonds is 19. The van der Waals surface area contributed by atoms with E-state index in [1.165, 1.54) is 50.5 Å². The van der Waals surface area contributed by atoms with E-state index in [1.54, 1.807) is 0 Å². The second-order valence-electron chi connectivity index (χ2n) is 26.6. The second-order valence-corrected chi connectivity index (χ2v) is 30.7. The minimum atomic E-state index is -6.09. The number of alkyl carbamates (subject to hydrolysis) is 1. The number of unbranched alkanes of at least 4 members (excludes halogenated alkanes) is 2. The molecule has 0 radical (unpaired) electrons. The van der Waals surface area contributed by atoms with Crippen molar-refractivity contribution in [3.8, 4) is 0 Å². The minimum absolute atomic E-state index is 0.129. The topological polar surface area (TPSA) is 500 Å². The number of carbonyl (C=O) groups is 2. The SMILES string of the molecule is CC(C)CCC[C@@H](C)[C@H]1CC[C@H]2[C@@H]3CC=C4C[C@@H](OC(=O)NCCCCCC(=O)NC[C@H]5O[C@@H](O[C@@H]6[C@H](O)[C@@H](O[C@@H]7O[C@H](CO)[C@@H](O)[C@H]([NH3+])[C@H]7O)[C@H]([NH3+])C[C@@H]6[NH3+])[C@H](O)[C@@H](O)[C@@H]5O)CC[C@]4(C)[C@H]3CC[C@]12C.O=S(=O)([O-])C(F)(F)F.O=S(=O)([O-])C(F)(F)F.O=S(=O)([O-])C(F)(F)F. The van der Waals surface area contributed by atoms with Gasteiger partial charge in [-0.25, -0.2) is 30.0 Å². The third kappa shape index (κ3) is 22.3. The molecule has 0 aromatic rings. The number of ether oxygens (including phenoxy) is 5. The molecule has 7 aliphatic rings. The standard InChI is InChI=1S/C52H91N5O14.3CHF3O3S/c1-26(2)10-9-11-27(3)31-15-16-32-30-14-13-28-22-29(17-19-51(28,4)33(30)18-20-52(31,32)5)67-50(66)56-21-8-6-7-12-38(59)57-24-36-41(61)43(63)44(64)49(68-36)71-47-35(54)23-34(53)46(45(47)65)70-48-42(62)39(55)40(60)37(25-58)69-48;3*2-1(3,4)8(5,6)7/h13,26-27,29-37,39-49,58,60-65H,6-12,14-25,53-55H2,1-5H3,(H,56,66)(H,57,59);3*(H,5,6,7)/t27-,29+,30+,31-,32+,33+,34-,35+,36-,37-,39+,40-,41-,42-,43+,44-,45-,46+,47+,48+,49+,51+,52-;;;/m1.../s1. The number of halogens is 9. The van der Waals surface area contributed by atoms with Crippen molar-refractivity contribution < 1.29 is 165 Å². The van der Waals surface area contributed by atoms with Crippen LogP contribution in [0, 0.1) is 46.3 Å². The van der Waals surface area contributed by atoms with Crippen LogP contribution in [0.25, 0.3) is 0 Å². The van der Waals surface area contributed by atoms with Gasteiger partial charge in [-0.15, -0.1) is 0 Å². The highest BCUT2D eigenvalue weighted by Crippen LogP contribution is 2.67. The van der Waals surface area contributed by atoms with Gasteiger partial charge in [0.2, 0.25) is 5.91 Å². The molecule has 2 saturated heterocycles. The molecule has 7 rings (SSSR count). The summed E-state index contributed by atoms with van der Waals surface area (Å²) < 4.78 is 206. The predicted octanol–water partition coefficient (Wildman–Crippen LogP) is -0.434. The van der Waals surface area contributed by atoms with Crippen LogP contribution in [0.5, 0.6) is 0 Å². The number of aliphatic hydroxyl groups is 7. The Kier molecular flexibility index (Phi) is 30.3. The second kappa shape index (κ2) is 34.1. The molecule has 2 amide bonds. The van der Waals surface area contributed by atoms with E-state index in [0.29, 0.717) is 37.1 Å². The molecule has 18 N–H and O–H groups in total. The van der Waals surface area contributed by atoms with Crippen LogP contribution >= 0.6 is 0 Å². The van der Waals surface area contributed by atoms with Gasteiger partial charge in [0, 0.05) is 25.9 Å². The predicted molar refractivity (Wildman–Crippen MR) is 305 cm³/mol. The van der Waals surface area contributed by atoms with E-state index in [2.05, 4.69) is 68.5 Å². The van der Waals surface area contributed by atoms with Gasteiger partial charge in [-0.05, 0) is 104 Å². The van der Waals surface area contributed by atoms with Crippen LogP contribution in [0.1, 0.15) is 137 Å². The minimum Gasteiger partial charge on any atom is -0.741 e. The fourth-order valence-electron chi connectivity index (χ4n) is 14.6. The van der Waals surface area contributed by atoms with Gasteiger partial charge in [0.25, 0.3) is 0 Å². The Hall–Kier alpha value is -2.98. The fraction of sp³-hybridized carbons (Fsp3) is 0.927. The number of hydrogen-bond acceptors (Lipinski definition) is 23. The summed E-state index contributed by atoms with van der Waals surface area (Å²) in [5.74, 6) is 4.39. The van der Waals surface area contributed by atoms with Crippen LogP contribution in [-0.2, 0) is 58.8 Å². The van der Waals surface area contributed by atoms with E-state index < -0.39 is 151 Å². The summed E-state index contributed by atoms with van der Waals surface area (Å²) >= 11 is 0. The first-order valence-corrected chi connectivity index (χ1v) is 35.4. The summed E-state index contributed by atoms with van der Waals surface area (Å²) in [7, 11) is -18.3. The zero-order chi connectivity index (χ0) is 72.5. The molecule has 0 unspecified atom stereocenters. The van der Waals surface area contributed by atoms with E-state index in [9.17, 15) is 84.8 Å². The molecule has 23 atom stereocenters. The maximum absolute atomic E-state index is 12.9. The highest BCUT2D eigenvalue weighted by Gasteiger charge is 2.60. The molecule has 6 fully saturated rings. The molecule has 0 aromatic carbocycles. The highest BCUT2D eigenvalue weighted by atomic mass is 32.2. The molecule has 95 heavy (non-hydrogen) atoms. The van der Waals surface area contributed by atoms with Crippen LogP contribution in [-0.4, -0.2) is 221 Å². The monoisotopic (exact) mass is 1460 g/mol. The van der Waals surface area contributed by atoms with Crippen LogP contribution in [0.15, 0.2) is 11.6 Å². The number of aliphatic hydroxyl groups excluding tert-OH is 7. The molecule has 2 aliphatic heterocycles. The lowest BCUT2D eigenvalue weighted by Crippen LogP contribution is -2.83. The first kappa shape index (κ1) is 84.4. The third-order valence-corrected chi connectivity index (χ3v) is 21.4. The quantitative estimate of drug-likeness (QED) is 0.0257. The fourth-order valence-corrected chi connectivity index (χ4v) is 14.6. The van der Waals surface area contributed by atoms with E-state index in [0.717, 1.165) is 55.3 Å². The number of hydrogen-bond donors (Lipinski definition) is 12. The largest absolute Gasteiger partial charge is 0.741 e. The van der Waals surface area contributed by atoms with Gasteiger partial charge >= 0.3 is 22.6 Å². The lowest BCUT2D eigenvalue weighted by atomic mass is 9.47. The summed E-state index contributed by atoms with van der Waals surface area (Å²) in [6.45, 7) is 12.0. The summed E-state index contributed by atoms with van der Waals surface area (Å²) in [5, 5.41) is 80.1. The summed E-state index contributed by atoms with van der Waals surface area (Å²) in [5.41, 5.74) is -2.90. The van der Waals surface area contributed by atoms with Crippen molar-refractivity contribution >= 4 is 42.4 Å². The van der Waals surface area contributed by atoms with Gasteiger partial charge in [-0.2, -0.15) is 39.5 Å². The highest BCUT2D eigenvalue weighted by molar-refractivity contribution is 7.87. The Bertz CT molecular complexity index is 2760. The normalized spacial score (nSPS) is 37.2. The molecule has 558 valence electrons. The number of carbonyl (C=O) groups excluding carboxylic acids is 2. The number of allylic oxidation sites excluding steroid dienone is 1. The van der Waals surface area contributed by atoms with Crippen molar-refractivity contribution in [2.45, 2.75) is 252 Å². The van der Waals surface area contributed by atoms with Crippen molar-refractivity contribution in [1.29, 1.82) is 0 Å². The first-order chi connectivity index (χ1) is 43.4. The van der Waals surface area contributed by atoms with Crippen LogP contribution < -0.4 is 27.8 Å². The van der Waals surface area contributed by atoms with Gasteiger partial charge in [-0.3, -0.25) is 4.79 Å². The van der Waals surface area contributed by atoms with Gasteiger partial charge < -0.3 is 101 Å². The van der Waals surface area contributed by atoms with E-state index >= 15 is 0 Å². The lowest BCUT2D eigenvalue weighted by molar-refractivity contribution is -0.525. The molecular weight excluding hydrogens is 1370 g/mol. The van der Waals surface area contributed by atoms with Crippen molar-refractivity contribution in [2.75, 3.05) is 19.7 Å². The molecule has 4 saturated carbocycles. The number of amides is 2. The maximum Gasteiger partial charge on any atom is 0.485 e. The van der Waals surface area contributed by atoms with Gasteiger partial charge in [-0.1, -0.05) is 72.0 Å². The average Bonchev–Trinajstić information content (AvgIpc) is 1.69. The lowest BCUT2D eigenvalue weighted by Gasteiger charge is -2.58. The number of quaternary nitrogens is 3. The van der Waals surface area contributed by atoms with Crippen LogP contribution in [0.2, 0.25) is 0 Å². The molecule has 0 aromatic heterocycles. The Morgan fingerprint density at radius 2 is 1.19 bits per heavy atom. The van der Waals surface area contributed by atoms with Gasteiger partial charge in [0.1, 0.15) is 79.2 Å². The molecule has 0 bridgehead atoms. The zero-order valence-electron chi connectivity index (χ0n) is 53.1. The van der Waals surface area contributed by atoms with Crippen molar-refractivity contribution in [3.63, 3.8) is 0 Å². The Morgan fingerprint density at radius 1 is 0.663 bits per heavy atom. The Labute approximate surface area is 545 Å². The summed E-state index contributed by atoms with van der Waals surface area (Å²) in [6, 6.07) is -2.12. The summed E-state index contributed by atoms with van der Waals surface area (Å²) in [6.07, 6.45) is 1.17. The molecular formula is C55H94F9N5O23S3. The van der Waals surface area contributed by atoms with Gasteiger partial charge in [0.15, 0.2) is 49.0 Å². The molecule has 40 heteroatoms. The maximum atomic E-state index is 12.9. The molecule has 0 spiro atoms. The smallest absolute Gasteiger partial charge is 0.485 e. The molecule has 5 aliphatic carbocycles. The van der Waals surface area contributed by atoms with Gasteiger partial charge in [0.05, 0.1) is 13.0 Å². The van der Waals surface area contributed by atoms with Crippen molar-refractivity contribution in [1.82, 2.24) is 10.6 Å². The zero-order valence-corrected chi connectivity index (χ0v) is 55.6. The number of fused-ring (bicyclic) bond motifs is 5. The average molecular weight is 1460 g/mol. The van der Waals surface area contributed by atoms with E-state index in [-0.39, 0.29) is 36.8 Å². The van der Waals surface area contributed by atoms with E-state index in [1.807, 2.05) is 0 Å². The third-order valence-electron chi connectivity index (χ3n) is 19.7. The number of alkyl halides is 9. The van der Waals surface area contributed by atoms with Crippen LogP contribution in [0.3, 0.4) is 0 Å². The van der Waals surface area contributed by atoms with Crippen LogP contribution in [0.4, 0.5) is 44.3 Å². The number of nitrogens with one attached hydrogen (secondary N) is 2. The van der Waals surface area contributed by atoms with Crippen molar-refractivity contribution in [3.05, 3.63) is 11.6 Å².